The van der Waals surface area contributed by atoms with Crippen molar-refractivity contribution in [2.45, 2.75) is 60.9 Å². The van der Waals surface area contributed by atoms with Crippen molar-refractivity contribution in [3.8, 4) is 0 Å². The maximum Gasteiger partial charge on any atom is 0.424 e. The molecule has 0 aromatic heterocycles. The molecule has 2 amide bonds. The number of amides is 2. The molecule has 2 aliphatic heterocycles. The quantitative estimate of drug-likeness (QED) is 0.492. The van der Waals surface area contributed by atoms with Crippen LogP contribution >= 0.6 is 0 Å². The average Bonchev–Trinajstić information content (AvgIpc) is 3.38. The van der Waals surface area contributed by atoms with Crippen LogP contribution < -0.4 is 10.0 Å². The highest BCUT2D eigenvalue weighted by Gasteiger charge is 2.55. The van der Waals surface area contributed by atoms with Crippen LogP contribution in [0.5, 0.6) is 0 Å². The van der Waals surface area contributed by atoms with Gasteiger partial charge in [0, 0.05) is 13.0 Å². The van der Waals surface area contributed by atoms with E-state index in [2.05, 4.69) is 0 Å². The molecule has 1 unspecified atom stereocenters. The minimum Gasteiger partial charge on any atom is -0.374 e. The molecule has 4 rings (SSSR count). The van der Waals surface area contributed by atoms with Crippen LogP contribution in [0.1, 0.15) is 36.8 Å². The van der Waals surface area contributed by atoms with Crippen molar-refractivity contribution in [3.63, 3.8) is 0 Å². The van der Waals surface area contributed by atoms with Crippen LogP contribution in [0.3, 0.4) is 0 Å². The number of benzene rings is 2. The molecule has 2 aromatic rings. The van der Waals surface area contributed by atoms with E-state index in [0.29, 0.717) is 12.8 Å². The van der Waals surface area contributed by atoms with Gasteiger partial charge in [0.25, 0.3) is 10.0 Å². The number of fused-ring (bicyclic) bond motifs is 1. The molecule has 212 valence electrons. The molecule has 2 heterocycles. The van der Waals surface area contributed by atoms with Crippen LogP contribution in [-0.4, -0.2) is 61.7 Å². The summed E-state index contributed by atoms with van der Waals surface area (Å²) in [5, 5.41) is 10.1. The van der Waals surface area contributed by atoms with Gasteiger partial charge in [-0.1, -0.05) is 12.1 Å². The number of alkyl halides is 4. The highest BCUT2D eigenvalue weighted by atomic mass is 32.2. The van der Waals surface area contributed by atoms with E-state index in [4.69, 9.17) is 5.73 Å². The lowest BCUT2D eigenvalue weighted by Gasteiger charge is -2.39. The molecule has 8 nitrogen and oxygen atoms in total. The Labute approximate surface area is 221 Å². The molecular formula is C25H26F5N3O5S. The fourth-order valence-corrected chi connectivity index (χ4v) is 6.84. The number of likely N-dealkylation sites (tertiary alicyclic amines) is 1. The summed E-state index contributed by atoms with van der Waals surface area (Å²) >= 11 is 0. The Bertz CT molecular complexity index is 1370. The standard InChI is InChI=1S/C25H26F5N3O5S/c26-14-24(36,25(28,29)30)16-4-10-20-15(12-16)3-7-18(13-22(34)32-11-1-2-21(32)23(31)35)33(20)39(37,38)19-8-5-17(27)6-9-19/h4-6,8-10,12,18,21,36H,1-3,7,11,13-14H2,(H2,31,35)/t18-,21+,24?/m0/s1. The molecule has 0 bridgehead atoms. The molecule has 0 radical (unpaired) electrons. The van der Waals surface area contributed by atoms with Gasteiger partial charge in [-0.05, 0) is 67.1 Å². The molecule has 0 aliphatic carbocycles. The van der Waals surface area contributed by atoms with Crippen molar-refractivity contribution in [1.29, 1.82) is 0 Å². The molecule has 3 atom stereocenters. The lowest BCUT2D eigenvalue weighted by molar-refractivity contribution is -0.271. The first-order valence-electron chi connectivity index (χ1n) is 12.1. The molecule has 2 aliphatic rings. The summed E-state index contributed by atoms with van der Waals surface area (Å²) in [4.78, 5) is 25.9. The number of sulfonamides is 1. The maximum atomic E-state index is 13.8. The first kappa shape index (κ1) is 28.7. The highest BCUT2D eigenvalue weighted by molar-refractivity contribution is 7.92. The Kier molecular flexibility index (Phi) is 7.65. The van der Waals surface area contributed by atoms with Crippen molar-refractivity contribution < 1.29 is 45.1 Å². The monoisotopic (exact) mass is 575 g/mol. The number of nitrogens with two attached hydrogens (primary N) is 1. The zero-order valence-electron chi connectivity index (χ0n) is 20.5. The SMILES string of the molecule is NC(=O)[C@H]1CCCN1C(=O)C[C@@H]1CCc2cc(C(O)(CF)C(F)(F)F)ccc2N1S(=O)(=O)c1ccc(F)cc1. The fourth-order valence-electron chi connectivity index (χ4n) is 5.12. The van der Waals surface area contributed by atoms with Crippen molar-refractivity contribution in [2.75, 3.05) is 17.5 Å². The third-order valence-corrected chi connectivity index (χ3v) is 9.10. The summed E-state index contributed by atoms with van der Waals surface area (Å²) in [5.41, 5.74) is 0.817. The lowest BCUT2D eigenvalue weighted by atomic mass is 9.88. The summed E-state index contributed by atoms with van der Waals surface area (Å²) in [7, 11) is -4.48. The number of aliphatic hydroxyl groups is 1. The van der Waals surface area contributed by atoms with Crippen LogP contribution in [0.4, 0.5) is 27.6 Å². The molecule has 0 saturated carbocycles. The van der Waals surface area contributed by atoms with E-state index < -0.39 is 63.8 Å². The summed E-state index contributed by atoms with van der Waals surface area (Å²) < 4.78 is 95.8. The van der Waals surface area contributed by atoms with Gasteiger partial charge in [-0.25, -0.2) is 17.2 Å². The minimum atomic E-state index is -5.34. The number of carbonyl (C=O) groups excluding carboxylic acids is 2. The Morgan fingerprint density at radius 1 is 1.08 bits per heavy atom. The third-order valence-electron chi connectivity index (χ3n) is 7.22. The number of hydrogen-bond acceptors (Lipinski definition) is 5. The molecule has 39 heavy (non-hydrogen) atoms. The second-order valence-electron chi connectivity index (χ2n) is 9.63. The topological polar surface area (TPSA) is 121 Å². The van der Waals surface area contributed by atoms with Crippen molar-refractivity contribution >= 4 is 27.5 Å². The van der Waals surface area contributed by atoms with Gasteiger partial charge in [0.15, 0.2) is 0 Å². The summed E-state index contributed by atoms with van der Waals surface area (Å²) in [6, 6.07) is 4.74. The fraction of sp³-hybridized carbons (Fsp3) is 0.440. The number of hydrogen-bond donors (Lipinski definition) is 2. The van der Waals surface area contributed by atoms with Crippen LogP contribution in [0, 0.1) is 5.82 Å². The van der Waals surface area contributed by atoms with E-state index in [0.717, 1.165) is 46.8 Å². The number of anilines is 1. The largest absolute Gasteiger partial charge is 0.424 e. The predicted molar refractivity (Wildman–Crippen MR) is 129 cm³/mol. The normalized spacial score (nSPS) is 21.4. The lowest BCUT2D eigenvalue weighted by Crippen LogP contribution is -2.49. The molecule has 3 N–H and O–H groups in total. The van der Waals surface area contributed by atoms with Crippen LogP contribution in [-0.2, 0) is 31.6 Å². The summed E-state index contributed by atoms with van der Waals surface area (Å²) in [6.45, 7) is -1.90. The number of carbonyl (C=O) groups is 2. The first-order chi connectivity index (χ1) is 18.2. The van der Waals surface area contributed by atoms with Gasteiger partial charge >= 0.3 is 6.18 Å². The predicted octanol–water partition coefficient (Wildman–Crippen LogP) is 2.92. The Morgan fingerprint density at radius 2 is 1.74 bits per heavy atom. The first-order valence-corrected chi connectivity index (χ1v) is 13.5. The molecule has 1 saturated heterocycles. The average molecular weight is 576 g/mol. The number of primary amides is 1. The summed E-state index contributed by atoms with van der Waals surface area (Å²) in [6.07, 6.45) is -4.81. The van der Waals surface area contributed by atoms with Gasteiger partial charge in [-0.3, -0.25) is 13.9 Å². The van der Waals surface area contributed by atoms with E-state index in [1.807, 2.05) is 0 Å². The zero-order chi connectivity index (χ0) is 28.8. The highest BCUT2D eigenvalue weighted by Crippen LogP contribution is 2.43. The molecule has 1 fully saturated rings. The van der Waals surface area contributed by atoms with E-state index in [1.54, 1.807) is 0 Å². The Hall–Kier alpha value is -3.26. The van der Waals surface area contributed by atoms with Crippen LogP contribution in [0.15, 0.2) is 47.4 Å². The van der Waals surface area contributed by atoms with Gasteiger partial charge < -0.3 is 15.7 Å². The van der Waals surface area contributed by atoms with Crippen molar-refractivity contribution in [2.24, 2.45) is 5.73 Å². The van der Waals surface area contributed by atoms with Crippen molar-refractivity contribution in [1.82, 2.24) is 4.90 Å². The Morgan fingerprint density at radius 3 is 2.33 bits per heavy atom. The second-order valence-corrected chi connectivity index (χ2v) is 11.4. The second kappa shape index (κ2) is 10.4. The van der Waals surface area contributed by atoms with E-state index in [9.17, 15) is 45.1 Å². The summed E-state index contributed by atoms with van der Waals surface area (Å²) in [5.74, 6) is -1.92. The smallest absolute Gasteiger partial charge is 0.374 e. The molecule has 0 spiro atoms. The van der Waals surface area contributed by atoms with E-state index in [1.165, 1.54) is 4.90 Å². The van der Waals surface area contributed by atoms with Gasteiger partial charge in [0.2, 0.25) is 17.4 Å². The number of nitrogens with zero attached hydrogens (tertiary/aromatic N) is 2. The van der Waals surface area contributed by atoms with Gasteiger partial charge in [-0.2, -0.15) is 13.2 Å². The minimum absolute atomic E-state index is 0.00995. The Balaban J connectivity index is 1.77. The molecule has 14 heteroatoms. The van der Waals surface area contributed by atoms with Crippen LogP contribution in [0.2, 0.25) is 0 Å². The van der Waals surface area contributed by atoms with Crippen LogP contribution in [0.25, 0.3) is 0 Å². The number of rotatable bonds is 7. The zero-order valence-corrected chi connectivity index (χ0v) is 21.3. The maximum absolute atomic E-state index is 13.8. The van der Waals surface area contributed by atoms with E-state index in [-0.39, 0.29) is 42.0 Å². The van der Waals surface area contributed by atoms with Crippen molar-refractivity contribution in [3.05, 3.63) is 59.4 Å². The number of halogens is 5. The van der Waals surface area contributed by atoms with Gasteiger partial charge in [0.1, 0.15) is 18.5 Å². The molecular weight excluding hydrogens is 549 g/mol. The van der Waals surface area contributed by atoms with E-state index >= 15 is 0 Å². The van der Waals surface area contributed by atoms with Gasteiger partial charge in [0.05, 0.1) is 16.6 Å². The number of aryl methyl sites for hydroxylation is 1. The molecule has 2 aromatic carbocycles. The third kappa shape index (κ3) is 5.19. The van der Waals surface area contributed by atoms with Gasteiger partial charge in [-0.15, -0.1) is 0 Å².